The number of benzene rings is 1. The molecule has 0 aliphatic carbocycles. The summed E-state index contributed by atoms with van der Waals surface area (Å²) in [5.41, 5.74) is 0.605. The highest BCUT2D eigenvalue weighted by Gasteiger charge is 2.18. The van der Waals surface area contributed by atoms with Gasteiger partial charge in [0, 0.05) is 5.02 Å². The fourth-order valence-electron chi connectivity index (χ4n) is 1.25. The Kier molecular flexibility index (Phi) is 4.93. The minimum atomic E-state index is -1.29. The topological polar surface area (TPSA) is 86.6 Å². The van der Waals surface area contributed by atoms with E-state index >= 15 is 0 Å². The number of amides is 1. The second-order valence-corrected chi connectivity index (χ2v) is 3.82. The van der Waals surface area contributed by atoms with Crippen molar-refractivity contribution in [2.24, 2.45) is 0 Å². The lowest BCUT2D eigenvalue weighted by atomic mass is 10.1. The molecule has 1 atom stereocenters. The Bertz CT molecular complexity index is 422. The van der Waals surface area contributed by atoms with Crippen molar-refractivity contribution in [3.8, 4) is 0 Å². The predicted molar refractivity (Wildman–Crippen MR) is 61.8 cm³/mol. The van der Waals surface area contributed by atoms with Gasteiger partial charge in [0.2, 0.25) is 5.91 Å². The molecule has 0 fully saturated rings. The normalized spacial score (nSPS) is 11.9. The first-order valence-electron chi connectivity index (χ1n) is 4.91. The van der Waals surface area contributed by atoms with Gasteiger partial charge in [0.15, 0.2) is 0 Å². The van der Waals surface area contributed by atoms with E-state index in [0.29, 0.717) is 10.6 Å². The molecule has 0 heterocycles. The predicted octanol–water partition coefficient (Wildman–Crippen LogP) is 0.444. The Balaban J connectivity index is 2.61. The summed E-state index contributed by atoms with van der Waals surface area (Å²) >= 11 is 5.86. The van der Waals surface area contributed by atoms with Crippen LogP contribution in [0.4, 0.5) is 0 Å². The van der Waals surface area contributed by atoms with Crippen molar-refractivity contribution >= 4 is 23.5 Å². The SMILES string of the molecule is O=C(Cc1ccccc1Cl)N[C@H](CO)C(=O)O. The Hall–Kier alpha value is -1.59. The highest BCUT2D eigenvalue weighted by molar-refractivity contribution is 6.31. The summed E-state index contributed by atoms with van der Waals surface area (Å²) in [5.74, 6) is -1.78. The van der Waals surface area contributed by atoms with Crippen molar-refractivity contribution in [3.05, 3.63) is 34.9 Å². The van der Waals surface area contributed by atoms with E-state index < -0.39 is 24.5 Å². The zero-order valence-corrected chi connectivity index (χ0v) is 9.65. The number of carbonyl (C=O) groups is 2. The van der Waals surface area contributed by atoms with Crippen LogP contribution in [0.25, 0.3) is 0 Å². The quantitative estimate of drug-likeness (QED) is 0.715. The van der Waals surface area contributed by atoms with Gasteiger partial charge in [-0.25, -0.2) is 4.79 Å². The van der Waals surface area contributed by atoms with Crippen LogP contribution in [0.1, 0.15) is 5.56 Å². The van der Waals surface area contributed by atoms with Gasteiger partial charge in [0.05, 0.1) is 13.0 Å². The Morgan fingerprint density at radius 3 is 2.53 bits per heavy atom. The first kappa shape index (κ1) is 13.5. The van der Waals surface area contributed by atoms with Crippen LogP contribution in [-0.2, 0) is 16.0 Å². The average Bonchev–Trinajstić information content (AvgIpc) is 2.28. The van der Waals surface area contributed by atoms with Crippen molar-refractivity contribution < 1.29 is 19.8 Å². The molecule has 0 aromatic heterocycles. The van der Waals surface area contributed by atoms with Crippen molar-refractivity contribution in [2.75, 3.05) is 6.61 Å². The molecule has 5 nitrogen and oxygen atoms in total. The fraction of sp³-hybridized carbons (Fsp3) is 0.273. The number of aliphatic hydroxyl groups excluding tert-OH is 1. The minimum Gasteiger partial charge on any atom is -0.480 e. The molecule has 92 valence electrons. The Labute approximate surface area is 103 Å². The third kappa shape index (κ3) is 4.05. The molecular formula is C11H12ClNO4. The number of aliphatic carboxylic acids is 1. The number of hydrogen-bond acceptors (Lipinski definition) is 3. The fourth-order valence-corrected chi connectivity index (χ4v) is 1.45. The zero-order chi connectivity index (χ0) is 12.8. The molecule has 0 bridgehead atoms. The molecule has 0 radical (unpaired) electrons. The molecule has 1 rings (SSSR count). The molecule has 17 heavy (non-hydrogen) atoms. The lowest BCUT2D eigenvalue weighted by Crippen LogP contribution is -2.43. The van der Waals surface area contributed by atoms with E-state index in [0.717, 1.165) is 0 Å². The van der Waals surface area contributed by atoms with Crippen LogP contribution in [0.2, 0.25) is 5.02 Å². The maximum absolute atomic E-state index is 11.5. The zero-order valence-electron chi connectivity index (χ0n) is 8.89. The second kappa shape index (κ2) is 6.22. The minimum absolute atomic E-state index is 0.0244. The van der Waals surface area contributed by atoms with Gasteiger partial charge in [0.25, 0.3) is 0 Å². The van der Waals surface area contributed by atoms with Crippen LogP contribution in [0.15, 0.2) is 24.3 Å². The summed E-state index contributed by atoms with van der Waals surface area (Å²) in [6.07, 6.45) is -0.0244. The van der Waals surface area contributed by atoms with Crippen LogP contribution in [0.3, 0.4) is 0 Å². The van der Waals surface area contributed by atoms with Gasteiger partial charge in [-0.15, -0.1) is 0 Å². The van der Waals surface area contributed by atoms with Crippen LogP contribution in [-0.4, -0.2) is 34.7 Å². The largest absolute Gasteiger partial charge is 0.480 e. The van der Waals surface area contributed by atoms with Crippen molar-refractivity contribution in [1.29, 1.82) is 0 Å². The van der Waals surface area contributed by atoms with Gasteiger partial charge in [-0.2, -0.15) is 0 Å². The monoisotopic (exact) mass is 257 g/mol. The van der Waals surface area contributed by atoms with Gasteiger partial charge >= 0.3 is 5.97 Å². The summed E-state index contributed by atoms with van der Waals surface area (Å²) in [6, 6.07) is 5.50. The molecule has 0 saturated heterocycles. The van der Waals surface area contributed by atoms with Gasteiger partial charge in [-0.3, -0.25) is 4.79 Å². The molecule has 0 spiro atoms. The van der Waals surface area contributed by atoms with E-state index in [9.17, 15) is 9.59 Å². The van der Waals surface area contributed by atoms with Gasteiger partial charge in [-0.1, -0.05) is 29.8 Å². The standard InChI is InChI=1S/C11H12ClNO4/c12-8-4-2-1-3-7(8)5-10(15)13-9(6-14)11(16)17/h1-4,9,14H,5-6H2,(H,13,15)(H,16,17)/t9-/m1/s1. The van der Waals surface area contributed by atoms with E-state index in [4.69, 9.17) is 21.8 Å². The molecule has 0 saturated carbocycles. The number of hydrogen-bond donors (Lipinski definition) is 3. The molecule has 0 unspecified atom stereocenters. The van der Waals surface area contributed by atoms with Gasteiger partial charge < -0.3 is 15.5 Å². The highest BCUT2D eigenvalue weighted by atomic mass is 35.5. The first-order valence-corrected chi connectivity index (χ1v) is 5.29. The number of carboxylic acid groups (broad SMARTS) is 1. The van der Waals surface area contributed by atoms with Crippen molar-refractivity contribution in [3.63, 3.8) is 0 Å². The van der Waals surface area contributed by atoms with Crippen molar-refractivity contribution in [1.82, 2.24) is 5.32 Å². The van der Waals surface area contributed by atoms with E-state index in [1.807, 2.05) is 0 Å². The van der Waals surface area contributed by atoms with E-state index in [1.54, 1.807) is 24.3 Å². The van der Waals surface area contributed by atoms with E-state index in [2.05, 4.69) is 5.32 Å². The number of nitrogens with one attached hydrogen (secondary N) is 1. The number of rotatable bonds is 5. The number of aliphatic hydroxyl groups is 1. The van der Waals surface area contributed by atoms with Crippen LogP contribution in [0, 0.1) is 0 Å². The van der Waals surface area contributed by atoms with Crippen LogP contribution < -0.4 is 5.32 Å². The maximum atomic E-state index is 11.5. The summed E-state index contributed by atoms with van der Waals surface area (Å²) < 4.78 is 0. The summed E-state index contributed by atoms with van der Waals surface area (Å²) in [5, 5.41) is 20.0. The second-order valence-electron chi connectivity index (χ2n) is 3.41. The smallest absolute Gasteiger partial charge is 0.328 e. The van der Waals surface area contributed by atoms with Crippen LogP contribution in [0.5, 0.6) is 0 Å². The third-order valence-corrected chi connectivity index (χ3v) is 2.49. The maximum Gasteiger partial charge on any atom is 0.328 e. The Morgan fingerprint density at radius 1 is 1.35 bits per heavy atom. The molecule has 3 N–H and O–H groups in total. The first-order chi connectivity index (χ1) is 8.04. The van der Waals surface area contributed by atoms with E-state index in [-0.39, 0.29) is 6.42 Å². The molecule has 1 aromatic rings. The molecule has 6 heteroatoms. The number of halogens is 1. The van der Waals surface area contributed by atoms with Crippen LogP contribution >= 0.6 is 11.6 Å². The third-order valence-electron chi connectivity index (χ3n) is 2.12. The van der Waals surface area contributed by atoms with Crippen molar-refractivity contribution in [2.45, 2.75) is 12.5 Å². The summed E-state index contributed by atoms with van der Waals surface area (Å²) in [4.78, 5) is 22.1. The highest BCUT2D eigenvalue weighted by Crippen LogP contribution is 2.15. The number of carboxylic acids is 1. The molecule has 1 amide bonds. The van der Waals surface area contributed by atoms with Gasteiger partial charge in [0.1, 0.15) is 6.04 Å². The average molecular weight is 258 g/mol. The van der Waals surface area contributed by atoms with E-state index in [1.165, 1.54) is 0 Å². The molecule has 0 aliphatic heterocycles. The number of carbonyl (C=O) groups excluding carboxylic acids is 1. The Morgan fingerprint density at radius 2 is 2.00 bits per heavy atom. The molecule has 1 aromatic carbocycles. The lowest BCUT2D eigenvalue weighted by molar-refractivity contribution is -0.142. The summed E-state index contributed by atoms with van der Waals surface area (Å²) in [7, 11) is 0. The lowest BCUT2D eigenvalue weighted by Gasteiger charge is -2.11. The summed E-state index contributed by atoms with van der Waals surface area (Å²) in [6.45, 7) is -0.649. The molecule has 0 aliphatic rings. The molecular weight excluding hydrogens is 246 g/mol. The van der Waals surface area contributed by atoms with Gasteiger partial charge in [-0.05, 0) is 11.6 Å².